The number of halogens is 1. The van der Waals surface area contributed by atoms with E-state index in [1.165, 1.54) is 50.8 Å². The van der Waals surface area contributed by atoms with Crippen molar-refractivity contribution in [2.45, 2.75) is 51.4 Å². The fourth-order valence-electron chi connectivity index (χ4n) is 4.06. The summed E-state index contributed by atoms with van der Waals surface area (Å²) < 4.78 is 0. The molecule has 3 rings (SSSR count). The second-order valence-corrected chi connectivity index (χ2v) is 7.28. The molecule has 1 aromatic rings. The van der Waals surface area contributed by atoms with Gasteiger partial charge in [0.05, 0.1) is 10.6 Å². The number of carbonyl (C=O) groups is 1. The third-order valence-corrected chi connectivity index (χ3v) is 5.71. The second kappa shape index (κ2) is 6.88. The predicted molar refractivity (Wildman–Crippen MR) is 89.2 cm³/mol. The number of hydrogen-bond acceptors (Lipinski definition) is 3. The molecule has 4 nitrogen and oxygen atoms in total. The molecule has 1 aromatic heterocycles. The summed E-state index contributed by atoms with van der Waals surface area (Å²) >= 11 is 6.14. The van der Waals surface area contributed by atoms with Crippen molar-refractivity contribution in [2.24, 2.45) is 5.41 Å². The lowest BCUT2D eigenvalue weighted by atomic mass is 9.69. The van der Waals surface area contributed by atoms with Crippen LogP contribution in [-0.2, 0) is 0 Å². The Kier molecular flexibility index (Phi) is 4.87. The highest BCUT2D eigenvalue weighted by molar-refractivity contribution is 6.33. The number of pyridine rings is 1. The van der Waals surface area contributed by atoms with E-state index in [9.17, 15) is 4.79 Å². The Morgan fingerprint density at radius 2 is 1.91 bits per heavy atom. The minimum absolute atomic E-state index is 0.104. The van der Waals surface area contributed by atoms with Crippen LogP contribution in [-0.4, -0.2) is 28.9 Å². The summed E-state index contributed by atoms with van der Waals surface area (Å²) in [6.07, 6.45) is 11.4. The molecule has 23 heavy (non-hydrogen) atoms. The first-order valence-electron chi connectivity index (χ1n) is 8.48. The summed E-state index contributed by atoms with van der Waals surface area (Å²) in [5, 5.41) is 9.14. The summed E-state index contributed by atoms with van der Waals surface area (Å²) in [6, 6.07) is 3.51. The highest BCUT2D eigenvalue weighted by Gasteiger charge is 2.35. The van der Waals surface area contributed by atoms with E-state index in [1.54, 1.807) is 0 Å². The molecule has 1 saturated carbocycles. The topological polar surface area (TPSA) is 57.0 Å². The smallest absolute Gasteiger partial charge is 0.273 e. The lowest BCUT2D eigenvalue weighted by Gasteiger charge is -2.36. The maximum Gasteiger partial charge on any atom is 0.273 e. The molecule has 5 heteroatoms. The number of amides is 1. The molecule has 122 valence electrons. The molecule has 0 atom stereocenters. The normalized spacial score (nSPS) is 20.8. The van der Waals surface area contributed by atoms with E-state index in [4.69, 9.17) is 16.9 Å². The Bertz CT molecular complexity index is 632. The molecule has 1 aliphatic carbocycles. The van der Waals surface area contributed by atoms with Crippen LogP contribution in [0.5, 0.6) is 0 Å². The molecular formula is C18H22ClN3O. The van der Waals surface area contributed by atoms with Crippen molar-refractivity contribution in [3.63, 3.8) is 0 Å². The molecular weight excluding hydrogens is 310 g/mol. The molecule has 2 heterocycles. The number of rotatable bonds is 1. The number of nitrogens with zero attached hydrogens (tertiary/aromatic N) is 3. The minimum atomic E-state index is -0.104. The number of nitriles is 1. The van der Waals surface area contributed by atoms with Crippen molar-refractivity contribution in [3.8, 4) is 6.07 Å². The monoisotopic (exact) mass is 331 g/mol. The molecule has 2 aliphatic rings. The molecule has 1 saturated heterocycles. The Morgan fingerprint density at radius 1 is 1.17 bits per heavy atom. The van der Waals surface area contributed by atoms with Crippen LogP contribution in [0.1, 0.15) is 67.4 Å². The third-order valence-electron chi connectivity index (χ3n) is 5.42. The van der Waals surface area contributed by atoms with Gasteiger partial charge in [-0.1, -0.05) is 30.9 Å². The van der Waals surface area contributed by atoms with Gasteiger partial charge in [-0.25, -0.2) is 4.98 Å². The standard InChI is InChI=1S/C18H22ClN3O/c19-15-11-14(12-20)13-21-16(15)17(23)22-9-4-7-18(8-10-22)5-2-1-3-6-18/h11,13H,1-10H2. The van der Waals surface area contributed by atoms with Gasteiger partial charge in [0.2, 0.25) is 0 Å². The molecule has 0 N–H and O–H groups in total. The average Bonchev–Trinajstić information content (AvgIpc) is 2.77. The van der Waals surface area contributed by atoms with Crippen LogP contribution in [0, 0.1) is 16.7 Å². The van der Waals surface area contributed by atoms with Gasteiger partial charge in [-0.3, -0.25) is 4.79 Å². The van der Waals surface area contributed by atoms with Crippen LogP contribution in [0.2, 0.25) is 5.02 Å². The number of hydrogen-bond donors (Lipinski definition) is 0. The van der Waals surface area contributed by atoms with Crippen LogP contribution in [0.3, 0.4) is 0 Å². The van der Waals surface area contributed by atoms with Crippen LogP contribution < -0.4 is 0 Å². The summed E-state index contributed by atoms with van der Waals surface area (Å²) in [6.45, 7) is 1.56. The minimum Gasteiger partial charge on any atom is -0.337 e. The van der Waals surface area contributed by atoms with E-state index in [0.717, 1.165) is 25.9 Å². The van der Waals surface area contributed by atoms with E-state index >= 15 is 0 Å². The second-order valence-electron chi connectivity index (χ2n) is 6.87. The van der Waals surface area contributed by atoms with Crippen LogP contribution in [0.15, 0.2) is 12.3 Å². The summed E-state index contributed by atoms with van der Waals surface area (Å²) in [4.78, 5) is 18.7. The van der Waals surface area contributed by atoms with Gasteiger partial charge in [0.1, 0.15) is 11.8 Å². The zero-order chi connectivity index (χ0) is 16.3. The van der Waals surface area contributed by atoms with Crippen LogP contribution in [0.25, 0.3) is 0 Å². The molecule has 0 bridgehead atoms. The predicted octanol–water partition coefficient (Wildman–Crippen LogP) is 4.18. The van der Waals surface area contributed by atoms with Gasteiger partial charge in [0.15, 0.2) is 0 Å². The molecule has 0 unspecified atom stereocenters. The van der Waals surface area contributed by atoms with Gasteiger partial charge in [-0.05, 0) is 43.6 Å². The van der Waals surface area contributed by atoms with Crippen molar-refractivity contribution in [2.75, 3.05) is 13.1 Å². The van der Waals surface area contributed by atoms with Gasteiger partial charge in [-0.15, -0.1) is 0 Å². The fourth-order valence-corrected chi connectivity index (χ4v) is 4.31. The van der Waals surface area contributed by atoms with E-state index in [-0.39, 0.29) is 16.6 Å². The van der Waals surface area contributed by atoms with Crippen molar-refractivity contribution < 1.29 is 4.79 Å². The largest absolute Gasteiger partial charge is 0.337 e. The Balaban J connectivity index is 1.72. The number of likely N-dealkylation sites (tertiary alicyclic amines) is 1. The Hall–Kier alpha value is -1.60. The first kappa shape index (κ1) is 16.3. The quantitative estimate of drug-likeness (QED) is 0.775. The summed E-state index contributed by atoms with van der Waals surface area (Å²) in [5.74, 6) is -0.104. The van der Waals surface area contributed by atoms with Crippen LogP contribution >= 0.6 is 11.6 Å². The highest BCUT2D eigenvalue weighted by Crippen LogP contribution is 2.44. The van der Waals surface area contributed by atoms with Crippen molar-refractivity contribution >= 4 is 17.5 Å². The van der Waals surface area contributed by atoms with Crippen molar-refractivity contribution in [1.29, 1.82) is 5.26 Å². The third kappa shape index (κ3) is 3.50. The van der Waals surface area contributed by atoms with E-state index in [0.29, 0.717) is 11.0 Å². The zero-order valence-corrected chi connectivity index (χ0v) is 14.1. The van der Waals surface area contributed by atoms with Gasteiger partial charge in [0, 0.05) is 19.3 Å². The lowest BCUT2D eigenvalue weighted by molar-refractivity contribution is 0.0743. The first-order valence-corrected chi connectivity index (χ1v) is 8.86. The average molecular weight is 332 g/mol. The van der Waals surface area contributed by atoms with Gasteiger partial charge < -0.3 is 4.90 Å². The van der Waals surface area contributed by atoms with Crippen molar-refractivity contribution in [1.82, 2.24) is 9.88 Å². The molecule has 1 aliphatic heterocycles. The first-order chi connectivity index (χ1) is 11.1. The molecule has 0 radical (unpaired) electrons. The molecule has 1 amide bonds. The Morgan fingerprint density at radius 3 is 2.61 bits per heavy atom. The molecule has 1 spiro atoms. The summed E-state index contributed by atoms with van der Waals surface area (Å²) in [7, 11) is 0. The van der Waals surface area contributed by atoms with Crippen LogP contribution in [0.4, 0.5) is 0 Å². The lowest BCUT2D eigenvalue weighted by Crippen LogP contribution is -2.34. The maximum atomic E-state index is 12.7. The van der Waals surface area contributed by atoms with Crippen molar-refractivity contribution in [3.05, 3.63) is 28.5 Å². The molecule has 0 aromatic carbocycles. The van der Waals surface area contributed by atoms with E-state index in [2.05, 4.69) is 4.98 Å². The SMILES string of the molecule is N#Cc1cnc(C(=O)N2CCCC3(CCCCC3)CC2)c(Cl)c1. The fraction of sp³-hybridized carbons (Fsp3) is 0.611. The maximum absolute atomic E-state index is 12.7. The highest BCUT2D eigenvalue weighted by atomic mass is 35.5. The number of carbonyl (C=O) groups excluding carboxylic acids is 1. The summed E-state index contributed by atoms with van der Waals surface area (Å²) in [5.41, 5.74) is 1.10. The molecule has 2 fully saturated rings. The van der Waals surface area contributed by atoms with Gasteiger partial charge in [-0.2, -0.15) is 5.26 Å². The van der Waals surface area contributed by atoms with Gasteiger partial charge >= 0.3 is 0 Å². The Labute approximate surface area is 142 Å². The van der Waals surface area contributed by atoms with E-state index < -0.39 is 0 Å². The van der Waals surface area contributed by atoms with E-state index in [1.807, 2.05) is 11.0 Å². The number of aromatic nitrogens is 1. The van der Waals surface area contributed by atoms with Gasteiger partial charge in [0.25, 0.3) is 5.91 Å². The zero-order valence-electron chi connectivity index (χ0n) is 13.4.